The van der Waals surface area contributed by atoms with Gasteiger partial charge in [0.15, 0.2) is 0 Å². The molecule has 1 aromatic carbocycles. The third-order valence-electron chi connectivity index (χ3n) is 4.57. The number of nitrogens with one attached hydrogen (secondary N) is 1. The van der Waals surface area contributed by atoms with E-state index in [1.165, 1.54) is 44.7 Å². The van der Waals surface area contributed by atoms with E-state index in [4.69, 9.17) is 27.9 Å². The van der Waals surface area contributed by atoms with Gasteiger partial charge in [-0.3, -0.25) is 0 Å². The van der Waals surface area contributed by atoms with Gasteiger partial charge in [0.1, 0.15) is 12.4 Å². The summed E-state index contributed by atoms with van der Waals surface area (Å²) in [6.45, 7) is 8.36. The molecule has 2 heterocycles. The number of benzene rings is 1. The minimum atomic E-state index is 0.577. The van der Waals surface area contributed by atoms with E-state index in [-0.39, 0.29) is 0 Å². The van der Waals surface area contributed by atoms with Gasteiger partial charge in [0.05, 0.1) is 5.02 Å². The molecular formula is C18H25Cl2N3O. The van der Waals surface area contributed by atoms with E-state index >= 15 is 0 Å². The van der Waals surface area contributed by atoms with E-state index in [1.807, 2.05) is 6.07 Å². The largest absolute Gasteiger partial charge is 0.487 e. The van der Waals surface area contributed by atoms with E-state index in [0.29, 0.717) is 16.7 Å². The van der Waals surface area contributed by atoms with Crippen LogP contribution in [0, 0.1) is 0 Å². The van der Waals surface area contributed by atoms with Crippen molar-refractivity contribution in [3.8, 4) is 5.75 Å². The van der Waals surface area contributed by atoms with Crippen LogP contribution < -0.4 is 10.1 Å². The molecule has 0 amide bonds. The van der Waals surface area contributed by atoms with Crippen molar-refractivity contribution in [2.75, 3.05) is 59.5 Å². The monoisotopic (exact) mass is 369 g/mol. The van der Waals surface area contributed by atoms with Crippen LogP contribution in [0.3, 0.4) is 0 Å². The lowest BCUT2D eigenvalue weighted by atomic mass is 10.1. The third kappa shape index (κ3) is 4.87. The van der Waals surface area contributed by atoms with E-state index in [2.05, 4.69) is 28.2 Å². The van der Waals surface area contributed by atoms with Crippen LogP contribution in [0.4, 0.5) is 0 Å². The highest BCUT2D eigenvalue weighted by molar-refractivity contribution is 6.36. The molecule has 0 unspecified atom stereocenters. The molecule has 0 bridgehead atoms. The van der Waals surface area contributed by atoms with Crippen molar-refractivity contribution < 1.29 is 4.74 Å². The Morgan fingerprint density at radius 2 is 1.96 bits per heavy atom. The lowest BCUT2D eigenvalue weighted by Gasteiger charge is -2.32. The molecule has 1 N–H and O–H groups in total. The first-order chi connectivity index (χ1) is 11.6. The average molecular weight is 370 g/mol. The molecule has 1 aromatic rings. The second-order valence-corrected chi connectivity index (χ2v) is 7.42. The number of rotatable bonds is 6. The molecule has 0 saturated carbocycles. The van der Waals surface area contributed by atoms with Crippen molar-refractivity contribution in [3.63, 3.8) is 0 Å². The number of likely N-dealkylation sites (N-methyl/N-ethyl adjacent to an activating group) is 1. The van der Waals surface area contributed by atoms with Gasteiger partial charge in [0, 0.05) is 43.3 Å². The Hall–Kier alpha value is -0.780. The summed E-state index contributed by atoms with van der Waals surface area (Å²) in [6.07, 6.45) is 3.30. The fraction of sp³-hybridized carbons (Fsp3) is 0.556. The predicted molar refractivity (Wildman–Crippen MR) is 101 cm³/mol. The topological polar surface area (TPSA) is 27.7 Å². The molecular weight excluding hydrogens is 345 g/mol. The van der Waals surface area contributed by atoms with Gasteiger partial charge in [-0.15, -0.1) is 0 Å². The van der Waals surface area contributed by atoms with E-state index in [0.717, 1.165) is 24.4 Å². The quantitative estimate of drug-likeness (QED) is 0.780. The number of halogens is 2. The third-order valence-corrected chi connectivity index (χ3v) is 5.07. The number of hydrogen-bond acceptors (Lipinski definition) is 4. The zero-order valence-corrected chi connectivity index (χ0v) is 15.7. The standard InChI is InChI=1S/C18H25Cl2N3O/c1-22-5-7-23(8-6-22)4-2-3-21-12-14-9-15-10-16(19)11-17(20)18(15)24-13-14/h9-11,21H,2-8,12-13H2,1H3. The van der Waals surface area contributed by atoms with Gasteiger partial charge in [0.2, 0.25) is 0 Å². The van der Waals surface area contributed by atoms with Crippen LogP contribution in [-0.4, -0.2) is 69.3 Å². The Labute approximate surface area is 154 Å². The van der Waals surface area contributed by atoms with Crippen LogP contribution >= 0.6 is 23.2 Å². The van der Waals surface area contributed by atoms with Crippen molar-refractivity contribution in [2.45, 2.75) is 6.42 Å². The maximum Gasteiger partial charge on any atom is 0.145 e. The average Bonchev–Trinajstić information content (AvgIpc) is 2.56. The number of piperazine rings is 1. The summed E-state index contributed by atoms with van der Waals surface area (Å²) in [4.78, 5) is 4.94. The summed E-state index contributed by atoms with van der Waals surface area (Å²) in [7, 11) is 2.19. The van der Waals surface area contributed by atoms with Crippen molar-refractivity contribution in [2.24, 2.45) is 0 Å². The minimum Gasteiger partial charge on any atom is -0.487 e. The fourth-order valence-corrected chi connectivity index (χ4v) is 3.68. The summed E-state index contributed by atoms with van der Waals surface area (Å²) in [5, 5.41) is 4.73. The van der Waals surface area contributed by atoms with Crippen molar-refractivity contribution in [1.29, 1.82) is 0 Å². The van der Waals surface area contributed by atoms with E-state index < -0.39 is 0 Å². The van der Waals surface area contributed by atoms with Crippen LogP contribution in [0.2, 0.25) is 10.0 Å². The molecule has 3 rings (SSSR count). The van der Waals surface area contributed by atoms with Crippen LogP contribution in [0.1, 0.15) is 12.0 Å². The zero-order chi connectivity index (χ0) is 16.9. The maximum absolute atomic E-state index is 6.16. The highest BCUT2D eigenvalue weighted by atomic mass is 35.5. The van der Waals surface area contributed by atoms with E-state index in [1.54, 1.807) is 6.07 Å². The second kappa shape index (κ2) is 8.54. The summed E-state index contributed by atoms with van der Waals surface area (Å²) in [5.74, 6) is 0.736. The Bertz CT molecular complexity index is 598. The van der Waals surface area contributed by atoms with Gasteiger partial charge in [-0.25, -0.2) is 0 Å². The first kappa shape index (κ1) is 18.0. The Morgan fingerprint density at radius 3 is 2.75 bits per heavy atom. The molecule has 1 saturated heterocycles. The smallest absolute Gasteiger partial charge is 0.145 e. The number of hydrogen-bond donors (Lipinski definition) is 1. The molecule has 4 nitrogen and oxygen atoms in total. The number of fused-ring (bicyclic) bond motifs is 1. The molecule has 0 atom stereocenters. The highest BCUT2D eigenvalue weighted by Gasteiger charge is 2.16. The summed E-state index contributed by atoms with van der Waals surface area (Å²) >= 11 is 12.2. The van der Waals surface area contributed by atoms with Gasteiger partial charge < -0.3 is 19.9 Å². The van der Waals surface area contributed by atoms with Crippen LogP contribution in [0.5, 0.6) is 5.75 Å². The van der Waals surface area contributed by atoms with Crippen molar-refractivity contribution >= 4 is 29.3 Å². The Balaban J connectivity index is 1.40. The molecule has 0 aromatic heterocycles. The lowest BCUT2D eigenvalue weighted by molar-refractivity contribution is 0.153. The summed E-state index contributed by atoms with van der Waals surface area (Å²) < 4.78 is 5.77. The number of ether oxygens (including phenoxy) is 1. The first-order valence-electron chi connectivity index (χ1n) is 8.55. The van der Waals surface area contributed by atoms with Crippen LogP contribution in [-0.2, 0) is 0 Å². The molecule has 0 spiro atoms. The van der Waals surface area contributed by atoms with Gasteiger partial charge in [-0.2, -0.15) is 0 Å². The molecule has 0 aliphatic carbocycles. The van der Waals surface area contributed by atoms with Gasteiger partial charge >= 0.3 is 0 Å². The fourth-order valence-electron chi connectivity index (χ4n) is 3.12. The highest BCUT2D eigenvalue weighted by Crippen LogP contribution is 2.36. The SMILES string of the molecule is CN1CCN(CCCNCC2=Cc3cc(Cl)cc(Cl)c3OC2)CC1. The molecule has 2 aliphatic rings. The van der Waals surface area contributed by atoms with Gasteiger partial charge in [-0.1, -0.05) is 23.2 Å². The minimum absolute atomic E-state index is 0.577. The zero-order valence-electron chi connectivity index (χ0n) is 14.2. The van der Waals surface area contributed by atoms with Gasteiger partial charge in [-0.05, 0) is 50.3 Å². The summed E-state index contributed by atoms with van der Waals surface area (Å²) in [5.41, 5.74) is 2.19. The Kier molecular flexibility index (Phi) is 6.42. The molecule has 6 heteroatoms. The molecule has 1 fully saturated rings. The Morgan fingerprint density at radius 1 is 1.17 bits per heavy atom. The van der Waals surface area contributed by atoms with Crippen molar-refractivity contribution in [1.82, 2.24) is 15.1 Å². The maximum atomic E-state index is 6.16. The molecule has 132 valence electrons. The molecule has 0 radical (unpaired) electrons. The lowest BCUT2D eigenvalue weighted by Crippen LogP contribution is -2.45. The van der Waals surface area contributed by atoms with Crippen LogP contribution in [0.15, 0.2) is 17.7 Å². The van der Waals surface area contributed by atoms with E-state index in [9.17, 15) is 0 Å². The van der Waals surface area contributed by atoms with Crippen molar-refractivity contribution in [3.05, 3.63) is 33.3 Å². The normalized spacial score (nSPS) is 18.9. The summed E-state index contributed by atoms with van der Waals surface area (Å²) in [6, 6.07) is 3.62. The molecule has 24 heavy (non-hydrogen) atoms. The first-order valence-corrected chi connectivity index (χ1v) is 9.30. The number of nitrogens with zero attached hydrogens (tertiary/aromatic N) is 2. The molecule has 2 aliphatic heterocycles. The van der Waals surface area contributed by atoms with Crippen LogP contribution in [0.25, 0.3) is 6.08 Å². The van der Waals surface area contributed by atoms with Gasteiger partial charge in [0.25, 0.3) is 0 Å². The second-order valence-electron chi connectivity index (χ2n) is 6.57. The predicted octanol–water partition coefficient (Wildman–Crippen LogP) is 3.00.